The number of hydrogen-bond acceptors (Lipinski definition) is 2. The highest BCUT2D eigenvalue weighted by molar-refractivity contribution is 6.36. The number of aromatic nitrogens is 1. The molecule has 21 heavy (non-hydrogen) atoms. The molecule has 1 heterocycles. The van der Waals surface area contributed by atoms with E-state index in [2.05, 4.69) is 23.2 Å². The van der Waals surface area contributed by atoms with Crippen molar-refractivity contribution >= 4 is 29.0 Å². The minimum atomic E-state index is -0.0154. The van der Waals surface area contributed by atoms with E-state index < -0.39 is 0 Å². The summed E-state index contributed by atoms with van der Waals surface area (Å²) in [4.78, 5) is 16.6. The second-order valence-corrected chi connectivity index (χ2v) is 6.24. The Balaban J connectivity index is 1.83. The van der Waals surface area contributed by atoms with Gasteiger partial charge in [0.25, 0.3) is 0 Å². The highest BCUT2D eigenvalue weighted by Gasteiger charge is 2.24. The Labute approximate surface area is 134 Å². The average molecular weight is 320 g/mol. The minimum absolute atomic E-state index is 0.0154. The first kappa shape index (κ1) is 14.6. The average Bonchev–Trinajstić information content (AvgIpc) is 2.47. The molecule has 1 aliphatic rings. The number of ketones is 1. The van der Waals surface area contributed by atoms with Crippen molar-refractivity contribution in [2.45, 2.75) is 31.6 Å². The highest BCUT2D eigenvalue weighted by Crippen LogP contribution is 2.35. The summed E-state index contributed by atoms with van der Waals surface area (Å²) in [6.07, 6.45) is 5.17. The highest BCUT2D eigenvalue weighted by atomic mass is 35.5. The Morgan fingerprint density at radius 3 is 2.90 bits per heavy atom. The van der Waals surface area contributed by atoms with E-state index in [9.17, 15) is 4.79 Å². The number of carbonyl (C=O) groups excluding carboxylic acids is 1. The van der Waals surface area contributed by atoms with Crippen LogP contribution >= 0.6 is 23.2 Å². The molecule has 0 aliphatic heterocycles. The number of nitrogens with zero attached hydrogens (tertiary/aromatic N) is 1. The molecule has 0 spiro atoms. The van der Waals surface area contributed by atoms with Crippen molar-refractivity contribution in [3.8, 4) is 0 Å². The van der Waals surface area contributed by atoms with Gasteiger partial charge in [-0.05, 0) is 42.4 Å². The summed E-state index contributed by atoms with van der Waals surface area (Å²) in [6.45, 7) is 0. The van der Waals surface area contributed by atoms with Gasteiger partial charge in [-0.25, -0.2) is 0 Å². The molecule has 1 aromatic carbocycles. The first-order chi connectivity index (χ1) is 10.1. The van der Waals surface area contributed by atoms with Gasteiger partial charge in [0.2, 0.25) is 0 Å². The third-order valence-corrected chi connectivity index (χ3v) is 4.49. The lowest BCUT2D eigenvalue weighted by Gasteiger charge is -2.24. The van der Waals surface area contributed by atoms with Crippen LogP contribution in [0.25, 0.3) is 0 Å². The molecule has 1 unspecified atom stereocenters. The summed E-state index contributed by atoms with van der Waals surface area (Å²) < 4.78 is 0. The van der Waals surface area contributed by atoms with Gasteiger partial charge >= 0.3 is 0 Å². The molecule has 0 bridgehead atoms. The van der Waals surface area contributed by atoms with Gasteiger partial charge in [-0.1, -0.05) is 47.5 Å². The van der Waals surface area contributed by atoms with E-state index in [1.54, 1.807) is 6.07 Å². The van der Waals surface area contributed by atoms with Crippen molar-refractivity contribution in [3.63, 3.8) is 0 Å². The van der Waals surface area contributed by atoms with Crippen molar-refractivity contribution in [2.75, 3.05) is 0 Å². The van der Waals surface area contributed by atoms with Crippen LogP contribution in [0.4, 0.5) is 0 Å². The molecule has 4 heteroatoms. The van der Waals surface area contributed by atoms with E-state index in [1.807, 2.05) is 6.07 Å². The lowest BCUT2D eigenvalue weighted by molar-refractivity contribution is 0.0966. The predicted molar refractivity (Wildman–Crippen MR) is 85.3 cm³/mol. The molecule has 2 nitrogen and oxygen atoms in total. The SMILES string of the molecule is O=C(CC1CCCc2ccccc21)c1ncc(Cl)cc1Cl. The number of pyridine rings is 1. The summed E-state index contributed by atoms with van der Waals surface area (Å²) in [6, 6.07) is 9.94. The largest absolute Gasteiger partial charge is 0.292 e. The molecule has 108 valence electrons. The summed E-state index contributed by atoms with van der Waals surface area (Å²) in [5.41, 5.74) is 2.98. The number of hydrogen-bond donors (Lipinski definition) is 0. The lowest BCUT2D eigenvalue weighted by atomic mass is 9.80. The fourth-order valence-corrected chi connectivity index (χ4v) is 3.49. The Morgan fingerprint density at radius 1 is 1.29 bits per heavy atom. The number of carbonyl (C=O) groups is 1. The molecule has 0 radical (unpaired) electrons. The van der Waals surface area contributed by atoms with Crippen LogP contribution in [0.1, 0.15) is 46.8 Å². The maximum Gasteiger partial charge on any atom is 0.183 e. The molecule has 3 rings (SSSR count). The quantitative estimate of drug-likeness (QED) is 0.738. The Bertz CT molecular complexity index is 684. The second kappa shape index (κ2) is 6.17. The zero-order valence-corrected chi connectivity index (χ0v) is 13.0. The van der Waals surface area contributed by atoms with E-state index >= 15 is 0 Å². The van der Waals surface area contributed by atoms with Crippen molar-refractivity contribution in [1.29, 1.82) is 0 Å². The van der Waals surface area contributed by atoms with Gasteiger partial charge in [0.1, 0.15) is 5.69 Å². The topological polar surface area (TPSA) is 30.0 Å². The van der Waals surface area contributed by atoms with Crippen LogP contribution < -0.4 is 0 Å². The van der Waals surface area contributed by atoms with Crippen LogP contribution in [0.15, 0.2) is 36.5 Å². The van der Waals surface area contributed by atoms with Gasteiger partial charge in [-0.3, -0.25) is 9.78 Å². The van der Waals surface area contributed by atoms with Crippen molar-refractivity contribution in [1.82, 2.24) is 4.98 Å². The predicted octanol–water partition coefficient (Wildman–Crippen LogP) is 5.08. The smallest absolute Gasteiger partial charge is 0.183 e. The number of aryl methyl sites for hydroxylation is 1. The van der Waals surface area contributed by atoms with Gasteiger partial charge in [0.05, 0.1) is 10.0 Å². The second-order valence-electron chi connectivity index (χ2n) is 5.40. The van der Waals surface area contributed by atoms with Crippen molar-refractivity contribution in [2.24, 2.45) is 0 Å². The Hall–Kier alpha value is -1.38. The van der Waals surface area contributed by atoms with E-state index in [4.69, 9.17) is 23.2 Å². The maximum absolute atomic E-state index is 12.5. The van der Waals surface area contributed by atoms with Gasteiger partial charge < -0.3 is 0 Å². The number of Topliss-reactive ketones (excluding diaryl/α,β-unsaturated/α-hetero) is 1. The molecule has 0 amide bonds. The molecule has 1 aliphatic carbocycles. The maximum atomic E-state index is 12.5. The van der Waals surface area contributed by atoms with E-state index in [-0.39, 0.29) is 11.7 Å². The molecule has 1 aromatic heterocycles. The zero-order chi connectivity index (χ0) is 14.8. The van der Waals surface area contributed by atoms with Gasteiger partial charge in [0, 0.05) is 12.6 Å². The van der Waals surface area contributed by atoms with Crippen LogP contribution in [0, 0.1) is 0 Å². The fraction of sp³-hybridized carbons (Fsp3) is 0.294. The van der Waals surface area contributed by atoms with Gasteiger partial charge in [-0.2, -0.15) is 0 Å². The molecule has 1 atom stereocenters. The minimum Gasteiger partial charge on any atom is -0.292 e. The zero-order valence-electron chi connectivity index (χ0n) is 11.5. The Kier molecular flexibility index (Phi) is 4.27. The summed E-state index contributed by atoms with van der Waals surface area (Å²) in [5.74, 6) is 0.245. The Morgan fingerprint density at radius 2 is 2.10 bits per heavy atom. The van der Waals surface area contributed by atoms with Gasteiger partial charge in [-0.15, -0.1) is 0 Å². The van der Waals surface area contributed by atoms with E-state index in [0.717, 1.165) is 19.3 Å². The summed E-state index contributed by atoms with van der Waals surface area (Å²) in [5, 5.41) is 0.774. The molecular weight excluding hydrogens is 305 g/mol. The third kappa shape index (κ3) is 3.12. The molecule has 0 saturated carbocycles. The van der Waals surface area contributed by atoms with Gasteiger partial charge in [0.15, 0.2) is 5.78 Å². The standard InChI is InChI=1S/C17H15Cl2NO/c18-13-9-15(19)17(20-10-13)16(21)8-12-6-3-5-11-4-1-2-7-14(11)12/h1-2,4,7,9-10,12H,3,5-6,8H2. The van der Waals surface area contributed by atoms with Crippen molar-refractivity contribution < 1.29 is 4.79 Å². The molecule has 0 N–H and O–H groups in total. The summed E-state index contributed by atoms with van der Waals surface area (Å²) in [7, 11) is 0. The monoisotopic (exact) mass is 319 g/mol. The lowest BCUT2D eigenvalue weighted by Crippen LogP contribution is -2.15. The number of halogens is 2. The molecule has 0 fully saturated rings. The normalized spacial score (nSPS) is 17.3. The fourth-order valence-electron chi connectivity index (χ4n) is 3.01. The number of fused-ring (bicyclic) bond motifs is 1. The van der Waals surface area contributed by atoms with Crippen LogP contribution in [0.5, 0.6) is 0 Å². The molecule has 2 aromatic rings. The first-order valence-electron chi connectivity index (χ1n) is 7.07. The van der Waals surface area contributed by atoms with Crippen LogP contribution in [0.2, 0.25) is 10.0 Å². The first-order valence-corrected chi connectivity index (χ1v) is 7.83. The van der Waals surface area contributed by atoms with Crippen LogP contribution in [0.3, 0.4) is 0 Å². The molecular formula is C17H15Cl2NO. The summed E-state index contributed by atoms with van der Waals surface area (Å²) >= 11 is 11.9. The number of benzene rings is 1. The van der Waals surface area contributed by atoms with Crippen LogP contribution in [-0.2, 0) is 6.42 Å². The van der Waals surface area contributed by atoms with E-state index in [1.165, 1.54) is 17.3 Å². The number of rotatable bonds is 3. The van der Waals surface area contributed by atoms with Crippen LogP contribution in [-0.4, -0.2) is 10.8 Å². The molecule has 0 saturated heterocycles. The van der Waals surface area contributed by atoms with E-state index in [0.29, 0.717) is 22.2 Å². The van der Waals surface area contributed by atoms with Crippen molar-refractivity contribution in [3.05, 3.63) is 63.4 Å². The third-order valence-electron chi connectivity index (χ3n) is 4.00.